The Bertz CT molecular complexity index is 632. The fourth-order valence-corrected chi connectivity index (χ4v) is 2.00. The number of benzene rings is 1. The number of hydrogen-bond acceptors (Lipinski definition) is 3. The lowest BCUT2D eigenvalue weighted by Gasteiger charge is -2.13. The molecule has 0 radical (unpaired) electrons. The van der Waals surface area contributed by atoms with Crippen molar-refractivity contribution in [2.45, 2.75) is 26.5 Å². The van der Waals surface area contributed by atoms with Gasteiger partial charge in [0.1, 0.15) is 12.3 Å². The highest BCUT2D eigenvalue weighted by Crippen LogP contribution is 2.13. The lowest BCUT2D eigenvalue weighted by molar-refractivity contribution is 0.110. The molecule has 104 valence electrons. The third-order valence-electron chi connectivity index (χ3n) is 2.97. The fraction of sp³-hybridized carbons (Fsp3) is 0.250. The van der Waals surface area contributed by atoms with Crippen LogP contribution in [0.2, 0.25) is 0 Å². The van der Waals surface area contributed by atoms with Crippen molar-refractivity contribution < 1.29 is 9.53 Å². The number of hydrogen-bond donors (Lipinski definition) is 0. The third-order valence-corrected chi connectivity index (χ3v) is 2.97. The van der Waals surface area contributed by atoms with Crippen molar-refractivity contribution in [2.75, 3.05) is 0 Å². The summed E-state index contributed by atoms with van der Waals surface area (Å²) in [5.74, 6) is 0.125. The molecule has 0 aliphatic heterocycles. The summed E-state index contributed by atoms with van der Waals surface area (Å²) in [5, 5.41) is 0. The van der Waals surface area contributed by atoms with E-state index in [-0.39, 0.29) is 17.8 Å². The Labute approximate surface area is 117 Å². The first kappa shape index (κ1) is 14.1. The summed E-state index contributed by atoms with van der Waals surface area (Å²) in [4.78, 5) is 23.1. The van der Waals surface area contributed by atoms with Gasteiger partial charge in [0.25, 0.3) is 0 Å². The van der Waals surface area contributed by atoms with Gasteiger partial charge in [-0.2, -0.15) is 0 Å². The number of nitrogens with zero attached hydrogens (tertiary/aromatic N) is 1. The second-order valence-corrected chi connectivity index (χ2v) is 4.48. The predicted molar refractivity (Wildman–Crippen MR) is 77.2 cm³/mol. The van der Waals surface area contributed by atoms with Gasteiger partial charge in [0.2, 0.25) is 5.43 Å². The van der Waals surface area contributed by atoms with E-state index in [1.54, 1.807) is 10.8 Å². The van der Waals surface area contributed by atoms with Crippen molar-refractivity contribution >= 4 is 6.29 Å². The first-order valence-corrected chi connectivity index (χ1v) is 6.61. The van der Waals surface area contributed by atoms with Crippen LogP contribution in [-0.4, -0.2) is 10.9 Å². The molecule has 4 heteroatoms. The average molecular weight is 271 g/mol. The van der Waals surface area contributed by atoms with Crippen molar-refractivity contribution in [3.8, 4) is 5.75 Å². The molecule has 4 nitrogen and oxygen atoms in total. The summed E-state index contributed by atoms with van der Waals surface area (Å²) in [7, 11) is 0. The molecule has 20 heavy (non-hydrogen) atoms. The van der Waals surface area contributed by atoms with Gasteiger partial charge in [-0.15, -0.1) is 0 Å². The van der Waals surface area contributed by atoms with Crippen molar-refractivity contribution in [3.63, 3.8) is 0 Å². The molecule has 0 amide bonds. The number of aldehydes is 1. The molecular formula is C16H17NO3. The van der Waals surface area contributed by atoms with Crippen molar-refractivity contribution in [1.82, 2.24) is 4.57 Å². The lowest BCUT2D eigenvalue weighted by atomic mass is 10.2. The Kier molecular flexibility index (Phi) is 4.71. The van der Waals surface area contributed by atoms with Crippen molar-refractivity contribution in [2.24, 2.45) is 0 Å². The van der Waals surface area contributed by atoms with Crippen LogP contribution in [0.3, 0.4) is 0 Å². The zero-order valence-electron chi connectivity index (χ0n) is 11.4. The maximum absolute atomic E-state index is 11.9. The highest BCUT2D eigenvalue weighted by molar-refractivity contribution is 5.76. The Morgan fingerprint density at radius 3 is 2.60 bits per heavy atom. The Morgan fingerprint density at radius 1 is 1.20 bits per heavy atom. The third kappa shape index (κ3) is 3.15. The molecule has 2 rings (SSSR count). The number of ether oxygens (including phenoxy) is 1. The normalized spacial score (nSPS) is 10.2. The summed E-state index contributed by atoms with van der Waals surface area (Å²) in [6.45, 7) is 2.96. The zero-order valence-corrected chi connectivity index (χ0v) is 11.4. The highest BCUT2D eigenvalue weighted by Gasteiger charge is 2.11. The first-order chi connectivity index (χ1) is 9.76. The highest BCUT2D eigenvalue weighted by atomic mass is 16.5. The van der Waals surface area contributed by atoms with Gasteiger partial charge in [0.15, 0.2) is 12.0 Å². The monoisotopic (exact) mass is 271 g/mol. The second-order valence-electron chi connectivity index (χ2n) is 4.48. The minimum absolute atomic E-state index is 0.125. The Morgan fingerprint density at radius 2 is 1.95 bits per heavy atom. The van der Waals surface area contributed by atoms with E-state index in [1.807, 2.05) is 37.3 Å². The number of carbonyl (C=O) groups is 1. The maximum Gasteiger partial charge on any atom is 0.224 e. The molecule has 0 unspecified atom stereocenters. The van der Waals surface area contributed by atoms with Gasteiger partial charge in [0.05, 0.1) is 0 Å². The summed E-state index contributed by atoms with van der Waals surface area (Å²) < 4.78 is 7.31. The van der Waals surface area contributed by atoms with E-state index < -0.39 is 0 Å². The number of aromatic nitrogens is 1. The summed E-state index contributed by atoms with van der Waals surface area (Å²) in [6, 6.07) is 11.0. The molecule has 0 aliphatic rings. The Hall–Kier alpha value is -2.36. The molecule has 1 aromatic heterocycles. The average Bonchev–Trinajstić information content (AvgIpc) is 2.48. The quantitative estimate of drug-likeness (QED) is 0.759. The van der Waals surface area contributed by atoms with Gasteiger partial charge < -0.3 is 9.30 Å². The van der Waals surface area contributed by atoms with Crippen LogP contribution in [0.1, 0.15) is 29.4 Å². The number of aryl methyl sites for hydroxylation is 1. The van der Waals surface area contributed by atoms with Gasteiger partial charge >= 0.3 is 0 Å². The van der Waals surface area contributed by atoms with Gasteiger partial charge in [-0.05, 0) is 12.0 Å². The molecule has 0 aliphatic carbocycles. The van der Waals surface area contributed by atoms with E-state index in [0.29, 0.717) is 18.5 Å². The largest absolute Gasteiger partial charge is 0.483 e. The standard InChI is InChI=1S/C16H17NO3/c1-2-9-17-10-8-15(19)16(14(17)11-18)20-12-13-6-4-3-5-7-13/h3-8,10-11H,2,9,12H2,1H3. The molecule has 1 heterocycles. The molecule has 2 aromatic rings. The molecule has 0 bridgehead atoms. The fourth-order valence-electron chi connectivity index (χ4n) is 2.00. The van der Waals surface area contributed by atoms with E-state index in [9.17, 15) is 9.59 Å². The molecule has 1 aromatic carbocycles. The molecule has 0 saturated heterocycles. The van der Waals surface area contributed by atoms with Gasteiger partial charge in [-0.1, -0.05) is 37.3 Å². The summed E-state index contributed by atoms with van der Waals surface area (Å²) in [5.41, 5.74) is 0.986. The van der Waals surface area contributed by atoms with E-state index in [2.05, 4.69) is 0 Å². The molecule has 0 fully saturated rings. The Balaban J connectivity index is 2.28. The number of rotatable bonds is 6. The van der Waals surface area contributed by atoms with E-state index in [0.717, 1.165) is 12.0 Å². The summed E-state index contributed by atoms with van der Waals surface area (Å²) in [6.07, 6.45) is 3.18. The SMILES string of the molecule is CCCn1ccc(=O)c(OCc2ccccc2)c1C=O. The van der Waals surface area contributed by atoms with Crippen LogP contribution in [0.15, 0.2) is 47.4 Å². The molecule has 0 spiro atoms. The van der Waals surface area contributed by atoms with Crippen molar-refractivity contribution in [1.29, 1.82) is 0 Å². The van der Waals surface area contributed by atoms with Crippen LogP contribution in [0.4, 0.5) is 0 Å². The van der Waals surface area contributed by atoms with Crippen molar-refractivity contribution in [3.05, 3.63) is 64.1 Å². The van der Waals surface area contributed by atoms with Crippen LogP contribution in [0.5, 0.6) is 5.75 Å². The minimum atomic E-state index is -0.268. The predicted octanol–water partition coefficient (Wildman–Crippen LogP) is 2.65. The minimum Gasteiger partial charge on any atom is -0.483 e. The van der Waals surface area contributed by atoms with Crippen LogP contribution in [-0.2, 0) is 13.2 Å². The molecule has 0 saturated carbocycles. The lowest BCUT2D eigenvalue weighted by Crippen LogP contribution is -2.16. The molecule has 0 atom stereocenters. The number of carbonyl (C=O) groups excluding carboxylic acids is 1. The van der Waals surface area contributed by atoms with E-state index in [4.69, 9.17) is 4.74 Å². The first-order valence-electron chi connectivity index (χ1n) is 6.61. The van der Waals surface area contributed by atoms with E-state index >= 15 is 0 Å². The van der Waals surface area contributed by atoms with Crippen LogP contribution in [0.25, 0.3) is 0 Å². The topological polar surface area (TPSA) is 48.3 Å². The van der Waals surface area contributed by atoms with Gasteiger partial charge in [0, 0.05) is 18.8 Å². The molecular weight excluding hydrogens is 254 g/mol. The summed E-state index contributed by atoms with van der Waals surface area (Å²) >= 11 is 0. The second kappa shape index (κ2) is 6.70. The van der Waals surface area contributed by atoms with E-state index in [1.165, 1.54) is 6.07 Å². The van der Waals surface area contributed by atoms with Gasteiger partial charge in [-0.3, -0.25) is 9.59 Å². The maximum atomic E-state index is 11.9. The smallest absolute Gasteiger partial charge is 0.224 e. The van der Waals surface area contributed by atoms with Crippen LogP contribution in [0, 0.1) is 0 Å². The van der Waals surface area contributed by atoms with Crippen LogP contribution < -0.4 is 10.2 Å². The zero-order chi connectivity index (χ0) is 14.4. The molecule has 0 N–H and O–H groups in total. The van der Waals surface area contributed by atoms with Crippen LogP contribution >= 0.6 is 0 Å². The van der Waals surface area contributed by atoms with Gasteiger partial charge in [-0.25, -0.2) is 0 Å². The number of pyridine rings is 1.